The molecule has 1 unspecified atom stereocenters. The van der Waals surface area contributed by atoms with Crippen LogP contribution < -0.4 is 5.32 Å². The Bertz CT molecular complexity index is 226. The van der Waals surface area contributed by atoms with Gasteiger partial charge in [0, 0.05) is 19.0 Å². The first-order chi connectivity index (χ1) is 7.31. The van der Waals surface area contributed by atoms with Crippen molar-refractivity contribution in [2.24, 2.45) is 11.8 Å². The van der Waals surface area contributed by atoms with Gasteiger partial charge in [-0.05, 0) is 51.6 Å². The Balaban J connectivity index is 1.78. The minimum atomic E-state index is 0.396. The van der Waals surface area contributed by atoms with Gasteiger partial charge in [-0.25, -0.2) is 0 Å². The lowest BCUT2D eigenvalue weighted by Crippen LogP contribution is -2.41. The Hall–Kier alpha value is -0.570. The quantitative estimate of drug-likeness (QED) is 0.757. The number of nitrogens with zero attached hydrogens (tertiary/aromatic N) is 1. The van der Waals surface area contributed by atoms with Gasteiger partial charge >= 0.3 is 0 Å². The molecule has 0 spiro atoms. The molecule has 0 bridgehead atoms. The largest absolute Gasteiger partial charge is 0.342 e. The molecule has 0 aromatic rings. The number of likely N-dealkylation sites (tertiary alicyclic amines) is 1. The summed E-state index contributed by atoms with van der Waals surface area (Å²) in [6, 6.07) is 0. The van der Waals surface area contributed by atoms with Crippen LogP contribution in [0.15, 0.2) is 0 Å². The van der Waals surface area contributed by atoms with E-state index in [1.54, 1.807) is 0 Å². The number of carbonyl (C=O) groups excluding carboxylic acids is 1. The summed E-state index contributed by atoms with van der Waals surface area (Å²) in [7, 11) is 2.00. The maximum absolute atomic E-state index is 11.9. The van der Waals surface area contributed by atoms with Crippen LogP contribution in [0.2, 0.25) is 0 Å². The molecule has 1 aliphatic heterocycles. The normalized spacial score (nSPS) is 26.7. The predicted molar refractivity (Wildman–Crippen MR) is 60.6 cm³/mol. The second kappa shape index (κ2) is 4.97. The highest BCUT2D eigenvalue weighted by molar-refractivity contribution is 5.81. The summed E-state index contributed by atoms with van der Waals surface area (Å²) in [6.45, 7) is 3.10. The molecule has 0 radical (unpaired) electrons. The van der Waals surface area contributed by atoms with E-state index in [0.29, 0.717) is 11.8 Å². The van der Waals surface area contributed by atoms with E-state index in [2.05, 4.69) is 10.2 Å². The van der Waals surface area contributed by atoms with Gasteiger partial charge in [0.25, 0.3) is 0 Å². The van der Waals surface area contributed by atoms with Crippen LogP contribution in [0.5, 0.6) is 0 Å². The Morgan fingerprint density at radius 1 is 1.40 bits per heavy atom. The average Bonchev–Trinajstić information content (AvgIpc) is 3.09. The number of hydrogen-bond donors (Lipinski definition) is 1. The highest BCUT2D eigenvalue weighted by Crippen LogP contribution is 2.32. The predicted octanol–water partition coefficient (Wildman–Crippen LogP) is 1.24. The molecule has 15 heavy (non-hydrogen) atoms. The Morgan fingerprint density at radius 3 is 2.87 bits per heavy atom. The summed E-state index contributed by atoms with van der Waals surface area (Å²) in [4.78, 5) is 14.0. The lowest BCUT2D eigenvalue weighted by molar-refractivity contribution is -0.134. The fraction of sp³-hybridized carbons (Fsp3) is 0.917. The third kappa shape index (κ3) is 2.94. The van der Waals surface area contributed by atoms with Crippen molar-refractivity contribution in [3.8, 4) is 0 Å². The van der Waals surface area contributed by atoms with Crippen molar-refractivity contribution in [1.29, 1.82) is 0 Å². The summed E-state index contributed by atoms with van der Waals surface area (Å²) >= 11 is 0. The molecule has 86 valence electrons. The van der Waals surface area contributed by atoms with Crippen LogP contribution in [0.3, 0.4) is 0 Å². The number of piperidine rings is 1. The lowest BCUT2D eigenvalue weighted by Gasteiger charge is -2.33. The third-order valence-corrected chi connectivity index (χ3v) is 3.56. The zero-order valence-corrected chi connectivity index (χ0v) is 9.67. The number of carbonyl (C=O) groups is 1. The number of nitrogens with one attached hydrogen (secondary N) is 1. The van der Waals surface area contributed by atoms with E-state index in [1.807, 2.05) is 7.05 Å². The molecule has 1 atom stereocenters. The lowest BCUT2D eigenvalue weighted by atomic mass is 9.94. The second-order valence-electron chi connectivity index (χ2n) is 4.96. The molecule has 1 heterocycles. The Morgan fingerprint density at radius 2 is 2.20 bits per heavy atom. The van der Waals surface area contributed by atoms with E-state index in [4.69, 9.17) is 0 Å². The van der Waals surface area contributed by atoms with Crippen LogP contribution in [-0.2, 0) is 4.79 Å². The van der Waals surface area contributed by atoms with Gasteiger partial charge in [-0.15, -0.1) is 0 Å². The van der Waals surface area contributed by atoms with Crippen molar-refractivity contribution in [3.63, 3.8) is 0 Å². The van der Waals surface area contributed by atoms with Crippen LogP contribution >= 0.6 is 0 Å². The smallest absolute Gasteiger partial charge is 0.225 e. The first kappa shape index (κ1) is 10.9. The summed E-state index contributed by atoms with van der Waals surface area (Å²) in [5.74, 6) is 1.56. The van der Waals surface area contributed by atoms with Crippen molar-refractivity contribution in [3.05, 3.63) is 0 Å². The molecule has 0 aromatic heterocycles. The van der Waals surface area contributed by atoms with E-state index in [9.17, 15) is 4.79 Å². The van der Waals surface area contributed by atoms with E-state index in [1.165, 1.54) is 19.3 Å². The minimum absolute atomic E-state index is 0.396. The zero-order valence-electron chi connectivity index (χ0n) is 9.67. The molecule has 3 nitrogen and oxygen atoms in total. The molecule has 1 aliphatic carbocycles. The first-order valence-corrected chi connectivity index (χ1v) is 6.24. The fourth-order valence-electron chi connectivity index (χ4n) is 2.44. The van der Waals surface area contributed by atoms with Gasteiger partial charge < -0.3 is 10.2 Å². The second-order valence-corrected chi connectivity index (χ2v) is 4.96. The molecular weight excluding hydrogens is 188 g/mol. The molecule has 1 saturated carbocycles. The van der Waals surface area contributed by atoms with Gasteiger partial charge in [-0.3, -0.25) is 4.79 Å². The van der Waals surface area contributed by atoms with Gasteiger partial charge in [0.15, 0.2) is 0 Å². The molecule has 2 fully saturated rings. The monoisotopic (exact) mass is 210 g/mol. The molecule has 3 heteroatoms. The number of hydrogen-bond acceptors (Lipinski definition) is 2. The highest BCUT2D eigenvalue weighted by atomic mass is 16.2. The van der Waals surface area contributed by atoms with Gasteiger partial charge in [-0.2, -0.15) is 0 Å². The molecule has 2 aliphatic rings. The molecule has 2 rings (SSSR count). The van der Waals surface area contributed by atoms with E-state index >= 15 is 0 Å². The van der Waals surface area contributed by atoms with Crippen molar-refractivity contribution in [1.82, 2.24) is 10.2 Å². The number of rotatable bonds is 4. The van der Waals surface area contributed by atoms with Crippen molar-refractivity contribution >= 4 is 5.91 Å². The van der Waals surface area contributed by atoms with Crippen LogP contribution in [0, 0.1) is 11.8 Å². The van der Waals surface area contributed by atoms with E-state index < -0.39 is 0 Å². The topological polar surface area (TPSA) is 32.3 Å². The molecule has 1 saturated heterocycles. The Labute approximate surface area is 92.2 Å². The number of amides is 1. The maximum atomic E-state index is 11.9. The van der Waals surface area contributed by atoms with Crippen LogP contribution in [0.1, 0.15) is 32.1 Å². The molecule has 1 amide bonds. The van der Waals surface area contributed by atoms with Crippen molar-refractivity contribution in [2.45, 2.75) is 32.1 Å². The van der Waals surface area contributed by atoms with E-state index in [-0.39, 0.29) is 0 Å². The SMILES string of the molecule is CNCCC1CCCN(C(=O)C2CC2)C1. The maximum Gasteiger partial charge on any atom is 0.225 e. The van der Waals surface area contributed by atoms with E-state index in [0.717, 1.165) is 38.4 Å². The molecular formula is C12H22N2O. The summed E-state index contributed by atoms with van der Waals surface area (Å²) in [5.41, 5.74) is 0. The molecule has 1 N–H and O–H groups in total. The standard InChI is InChI=1S/C12H22N2O/c1-13-7-6-10-3-2-8-14(9-10)12(15)11-4-5-11/h10-11,13H,2-9H2,1H3. The zero-order chi connectivity index (χ0) is 10.7. The van der Waals surface area contributed by atoms with Crippen molar-refractivity contribution in [2.75, 3.05) is 26.7 Å². The first-order valence-electron chi connectivity index (χ1n) is 6.24. The minimum Gasteiger partial charge on any atom is -0.342 e. The van der Waals surface area contributed by atoms with Gasteiger partial charge in [0.1, 0.15) is 0 Å². The van der Waals surface area contributed by atoms with Crippen LogP contribution in [0.25, 0.3) is 0 Å². The summed E-state index contributed by atoms with van der Waals surface area (Å²) in [5, 5.41) is 3.19. The van der Waals surface area contributed by atoms with Crippen LogP contribution in [-0.4, -0.2) is 37.5 Å². The fourth-order valence-corrected chi connectivity index (χ4v) is 2.44. The summed E-state index contributed by atoms with van der Waals surface area (Å²) < 4.78 is 0. The van der Waals surface area contributed by atoms with Crippen molar-refractivity contribution < 1.29 is 4.79 Å². The average molecular weight is 210 g/mol. The van der Waals surface area contributed by atoms with Gasteiger partial charge in [0.2, 0.25) is 5.91 Å². The molecule has 0 aromatic carbocycles. The summed E-state index contributed by atoms with van der Waals surface area (Å²) in [6.07, 6.45) is 5.99. The van der Waals surface area contributed by atoms with Crippen LogP contribution in [0.4, 0.5) is 0 Å². The van der Waals surface area contributed by atoms with Gasteiger partial charge in [-0.1, -0.05) is 0 Å². The Kier molecular flexibility index (Phi) is 3.62. The van der Waals surface area contributed by atoms with Gasteiger partial charge in [0.05, 0.1) is 0 Å². The third-order valence-electron chi connectivity index (χ3n) is 3.56. The highest BCUT2D eigenvalue weighted by Gasteiger charge is 2.35.